The Balaban J connectivity index is 1.58. The molecule has 2 aliphatic rings. The van der Waals surface area contributed by atoms with Gasteiger partial charge in [-0.05, 0) is 66.2 Å². The van der Waals surface area contributed by atoms with Gasteiger partial charge < -0.3 is 14.5 Å². The zero-order valence-electron chi connectivity index (χ0n) is 23.1. The van der Waals surface area contributed by atoms with Gasteiger partial charge in [0, 0.05) is 47.3 Å². The van der Waals surface area contributed by atoms with Crippen LogP contribution >= 0.6 is 11.6 Å². The highest BCUT2D eigenvalue weighted by molar-refractivity contribution is 7.92. The van der Waals surface area contributed by atoms with Crippen molar-refractivity contribution in [1.82, 2.24) is 5.32 Å². The van der Waals surface area contributed by atoms with E-state index in [-0.39, 0.29) is 33.5 Å². The predicted molar refractivity (Wildman–Crippen MR) is 162 cm³/mol. The van der Waals surface area contributed by atoms with Gasteiger partial charge in [0.2, 0.25) is 15.9 Å². The van der Waals surface area contributed by atoms with Crippen LogP contribution in [0.4, 0.5) is 14.5 Å². The molecule has 0 fully saturated rings. The third-order valence-corrected chi connectivity index (χ3v) is 8.69. The molecule has 1 N–H and O–H groups in total. The maximum atomic E-state index is 14.5. The van der Waals surface area contributed by atoms with Gasteiger partial charge in [-0.15, -0.1) is 0 Å². The Morgan fingerprint density at radius 3 is 2.47 bits per heavy atom. The first-order chi connectivity index (χ1) is 20.4. The molecule has 2 unspecified atom stereocenters. The number of nitrogens with zero attached hydrogens (tertiary/aromatic N) is 2. The minimum atomic E-state index is -3.76. The number of hydrogen-bond donors (Lipinski definition) is 1. The van der Waals surface area contributed by atoms with Crippen LogP contribution in [0.25, 0.3) is 33.4 Å². The molecule has 2 atom stereocenters. The monoisotopic (exact) mass is 623 g/mol. The number of ether oxygens (including phenoxy) is 1. The first-order valence-electron chi connectivity index (χ1n) is 13.1. The maximum absolute atomic E-state index is 14.5. The zero-order chi connectivity index (χ0) is 30.6. The van der Waals surface area contributed by atoms with Crippen LogP contribution in [0.2, 0.25) is 5.02 Å². The number of aliphatic imine (C=N–C) groups is 1. The number of fused-ring (bicyclic) bond motifs is 2. The highest BCUT2D eigenvalue weighted by Crippen LogP contribution is 2.42. The number of amides is 1. The van der Waals surface area contributed by atoms with E-state index in [2.05, 4.69) is 10.3 Å². The van der Waals surface area contributed by atoms with E-state index in [9.17, 15) is 22.0 Å². The highest BCUT2D eigenvalue weighted by atomic mass is 35.5. The van der Waals surface area contributed by atoms with E-state index in [1.54, 1.807) is 36.4 Å². The fourth-order valence-electron chi connectivity index (χ4n) is 5.07. The average molecular weight is 624 g/mol. The Morgan fingerprint density at radius 2 is 1.79 bits per heavy atom. The van der Waals surface area contributed by atoms with E-state index in [0.29, 0.717) is 33.4 Å². The molecule has 43 heavy (non-hydrogen) atoms. The number of sulfonamides is 1. The molecule has 3 aromatic carbocycles. The Kier molecular flexibility index (Phi) is 7.10. The Bertz CT molecular complexity index is 2000. The number of allylic oxidation sites excluding steroid dienone is 2. The van der Waals surface area contributed by atoms with Crippen LogP contribution in [0, 0.1) is 5.82 Å². The summed E-state index contributed by atoms with van der Waals surface area (Å²) in [6.07, 6.45) is 4.33. The fraction of sp³-hybridized carbons (Fsp3) is 0.161. The standard InChI is InChI=1S/C31H24ClF2N3O5S/c1-35-30(38)27-22-14-21(17-11-18(13-19(32)12-17)31-36-28-23(34)5-4-6-25(28)42-31)24(37(2)43(3,39)40)15-26(22)41-29(27)16-7-9-20(33)10-8-16/h4-15,23,28H,1-3H3,(H,35,38). The largest absolute Gasteiger partial charge is 0.455 e. The topological polar surface area (TPSA) is 101 Å². The van der Waals surface area contributed by atoms with Gasteiger partial charge in [0.25, 0.3) is 5.91 Å². The summed E-state index contributed by atoms with van der Waals surface area (Å²) < 4.78 is 66.7. The van der Waals surface area contributed by atoms with Gasteiger partial charge in [-0.2, -0.15) is 0 Å². The molecule has 0 bridgehead atoms. The number of alkyl halides is 1. The number of nitrogens with one attached hydrogen (secondary N) is 1. The molecule has 1 amide bonds. The average Bonchev–Trinajstić information content (AvgIpc) is 3.58. The van der Waals surface area contributed by atoms with E-state index in [1.165, 1.54) is 50.5 Å². The van der Waals surface area contributed by atoms with Gasteiger partial charge in [0.1, 0.15) is 35.1 Å². The fourth-order valence-corrected chi connectivity index (χ4v) is 5.81. The summed E-state index contributed by atoms with van der Waals surface area (Å²) in [5.74, 6) is -0.197. The molecule has 0 saturated carbocycles. The van der Waals surface area contributed by atoms with E-state index < -0.39 is 34.0 Å². The molecule has 1 aliphatic heterocycles. The van der Waals surface area contributed by atoms with Crippen molar-refractivity contribution in [3.63, 3.8) is 0 Å². The third-order valence-electron chi connectivity index (χ3n) is 7.28. The second-order valence-corrected chi connectivity index (χ2v) is 12.5. The van der Waals surface area contributed by atoms with Crippen LogP contribution in [-0.4, -0.2) is 52.8 Å². The molecule has 12 heteroatoms. The molecule has 4 aromatic rings. The molecule has 8 nitrogen and oxygen atoms in total. The summed E-state index contributed by atoms with van der Waals surface area (Å²) in [5.41, 5.74) is 2.44. The number of anilines is 1. The van der Waals surface area contributed by atoms with Crippen molar-refractivity contribution < 1.29 is 31.1 Å². The molecule has 0 radical (unpaired) electrons. The lowest BCUT2D eigenvalue weighted by Gasteiger charge is -2.21. The van der Waals surface area contributed by atoms with Gasteiger partial charge in [-0.25, -0.2) is 22.2 Å². The van der Waals surface area contributed by atoms with Crippen LogP contribution in [0.3, 0.4) is 0 Å². The second kappa shape index (κ2) is 10.7. The number of carbonyl (C=O) groups excluding carboxylic acids is 1. The molecule has 2 heterocycles. The summed E-state index contributed by atoms with van der Waals surface area (Å²) in [5, 5.41) is 3.29. The molecular weight excluding hydrogens is 600 g/mol. The third kappa shape index (κ3) is 5.19. The minimum Gasteiger partial charge on any atom is -0.455 e. The molecule has 0 spiro atoms. The maximum Gasteiger partial charge on any atom is 0.255 e. The van der Waals surface area contributed by atoms with Crippen molar-refractivity contribution in [3.05, 3.63) is 101 Å². The van der Waals surface area contributed by atoms with E-state index in [4.69, 9.17) is 20.8 Å². The molecule has 6 rings (SSSR count). The molecule has 220 valence electrons. The zero-order valence-corrected chi connectivity index (χ0v) is 24.6. The number of carbonyl (C=O) groups is 1. The smallest absolute Gasteiger partial charge is 0.255 e. The highest BCUT2D eigenvalue weighted by Gasteiger charge is 2.34. The Labute approximate surface area is 251 Å². The van der Waals surface area contributed by atoms with Gasteiger partial charge in [0.15, 0.2) is 0 Å². The summed E-state index contributed by atoms with van der Waals surface area (Å²) in [6.45, 7) is 0. The number of furan rings is 1. The molecule has 0 saturated heterocycles. The van der Waals surface area contributed by atoms with Crippen molar-refractivity contribution in [3.8, 4) is 22.5 Å². The van der Waals surface area contributed by atoms with E-state index in [0.717, 1.165) is 10.6 Å². The number of rotatable bonds is 6. The van der Waals surface area contributed by atoms with Crippen LogP contribution < -0.4 is 9.62 Å². The number of halogens is 3. The van der Waals surface area contributed by atoms with Gasteiger partial charge in [0.05, 0.1) is 17.5 Å². The van der Waals surface area contributed by atoms with Gasteiger partial charge >= 0.3 is 0 Å². The normalized spacial score (nSPS) is 17.7. The van der Waals surface area contributed by atoms with Crippen LogP contribution in [0.5, 0.6) is 0 Å². The van der Waals surface area contributed by atoms with Crippen LogP contribution in [0.1, 0.15) is 15.9 Å². The van der Waals surface area contributed by atoms with E-state index in [1.807, 2.05) is 0 Å². The SMILES string of the molecule is CNC(=O)c1c(-c2ccc(F)cc2)oc2cc(N(C)S(C)(=O)=O)c(-c3cc(Cl)cc(C4=NC5C(=CC=CC5F)O4)c3)cc12. The number of benzene rings is 3. The van der Waals surface area contributed by atoms with Gasteiger partial charge in [-0.3, -0.25) is 9.10 Å². The summed E-state index contributed by atoms with van der Waals surface area (Å²) in [4.78, 5) is 17.6. The second-order valence-electron chi connectivity index (χ2n) is 10.1. The summed E-state index contributed by atoms with van der Waals surface area (Å²) >= 11 is 6.54. The minimum absolute atomic E-state index is 0.165. The van der Waals surface area contributed by atoms with Crippen LogP contribution in [0.15, 0.2) is 88.0 Å². The molecular formula is C31H24ClF2N3O5S. The first kappa shape index (κ1) is 28.6. The summed E-state index contributed by atoms with van der Waals surface area (Å²) in [6, 6.07) is 12.8. The van der Waals surface area contributed by atoms with Gasteiger partial charge in [-0.1, -0.05) is 17.7 Å². The lowest BCUT2D eigenvalue weighted by atomic mass is 9.97. The molecule has 1 aliphatic carbocycles. The van der Waals surface area contributed by atoms with E-state index >= 15 is 0 Å². The van der Waals surface area contributed by atoms with Crippen molar-refractivity contribution in [2.75, 3.05) is 24.7 Å². The van der Waals surface area contributed by atoms with Crippen molar-refractivity contribution >= 4 is 50.1 Å². The summed E-state index contributed by atoms with van der Waals surface area (Å²) in [7, 11) is -0.895. The first-order valence-corrected chi connectivity index (χ1v) is 15.3. The van der Waals surface area contributed by atoms with Crippen molar-refractivity contribution in [1.29, 1.82) is 0 Å². The lowest BCUT2D eigenvalue weighted by Crippen LogP contribution is -2.25. The predicted octanol–water partition coefficient (Wildman–Crippen LogP) is 6.25. The Hall–Kier alpha value is -4.48. The van der Waals surface area contributed by atoms with Crippen molar-refractivity contribution in [2.24, 2.45) is 4.99 Å². The quantitative estimate of drug-likeness (QED) is 0.274. The lowest BCUT2D eigenvalue weighted by molar-refractivity contribution is 0.0964. The van der Waals surface area contributed by atoms with Crippen molar-refractivity contribution in [2.45, 2.75) is 12.2 Å². The molecule has 1 aromatic heterocycles. The Morgan fingerprint density at radius 1 is 1.07 bits per heavy atom. The van der Waals surface area contributed by atoms with Crippen LogP contribution in [-0.2, 0) is 14.8 Å². The number of hydrogen-bond acceptors (Lipinski definition) is 6.